The first-order valence-corrected chi connectivity index (χ1v) is 8.82. The van der Waals surface area contributed by atoms with Crippen molar-refractivity contribution in [1.82, 2.24) is 4.90 Å². The van der Waals surface area contributed by atoms with Crippen LogP contribution < -0.4 is 0 Å². The van der Waals surface area contributed by atoms with Crippen LogP contribution in [0.15, 0.2) is 46.5 Å². The van der Waals surface area contributed by atoms with Gasteiger partial charge >= 0.3 is 0 Å². The van der Waals surface area contributed by atoms with Gasteiger partial charge < -0.3 is 9.74 Å². The summed E-state index contributed by atoms with van der Waals surface area (Å²) in [7, 11) is 2.00. The van der Waals surface area contributed by atoms with Crippen molar-refractivity contribution in [2.24, 2.45) is 10.1 Å². The summed E-state index contributed by atoms with van der Waals surface area (Å²) < 4.78 is 13.1. The highest BCUT2D eigenvalue weighted by Crippen LogP contribution is 2.34. The summed E-state index contributed by atoms with van der Waals surface area (Å²) in [5.41, 5.74) is 6.05. The summed E-state index contributed by atoms with van der Waals surface area (Å²) in [5.74, 6) is -0.249. The van der Waals surface area contributed by atoms with Crippen LogP contribution in [-0.4, -0.2) is 30.5 Å². The van der Waals surface area contributed by atoms with E-state index in [1.54, 1.807) is 12.1 Å². The molecule has 0 amide bonds. The number of halogens is 1. The fourth-order valence-electron chi connectivity index (χ4n) is 2.91. The Balaban J connectivity index is 1.77. The van der Waals surface area contributed by atoms with Crippen molar-refractivity contribution in [3.05, 3.63) is 64.5 Å². The lowest BCUT2D eigenvalue weighted by Gasteiger charge is -2.15. The molecule has 136 valence electrons. The third-order valence-corrected chi connectivity index (χ3v) is 4.67. The van der Waals surface area contributed by atoms with Crippen LogP contribution in [0.2, 0.25) is 0 Å². The lowest BCUT2D eigenvalue weighted by molar-refractivity contribution is 0.0852. The molecule has 2 aromatic rings. The SMILES string of the molecule is CCN(C)C=Nc1cc(C)c(C2CC(c3ccc(F)cc3)=NO2)cc1C. The first kappa shape index (κ1) is 18.1. The molecule has 0 spiro atoms. The van der Waals surface area contributed by atoms with Crippen molar-refractivity contribution in [2.75, 3.05) is 13.6 Å². The van der Waals surface area contributed by atoms with Crippen LogP contribution >= 0.6 is 0 Å². The predicted molar refractivity (Wildman–Crippen MR) is 104 cm³/mol. The largest absolute Gasteiger partial charge is 0.387 e. The highest BCUT2D eigenvalue weighted by Gasteiger charge is 2.25. The molecular weight excluding hydrogens is 329 g/mol. The Hall–Kier alpha value is -2.69. The summed E-state index contributed by atoms with van der Waals surface area (Å²) in [6, 6.07) is 10.6. The first-order chi connectivity index (χ1) is 12.5. The minimum Gasteiger partial charge on any atom is -0.387 e. The third kappa shape index (κ3) is 3.93. The van der Waals surface area contributed by atoms with Crippen LogP contribution in [0, 0.1) is 19.7 Å². The van der Waals surface area contributed by atoms with E-state index >= 15 is 0 Å². The van der Waals surface area contributed by atoms with Crippen LogP contribution in [0.25, 0.3) is 0 Å². The van der Waals surface area contributed by atoms with Crippen LogP contribution in [0.5, 0.6) is 0 Å². The fourth-order valence-corrected chi connectivity index (χ4v) is 2.91. The molecule has 1 aliphatic heterocycles. The van der Waals surface area contributed by atoms with E-state index in [0.29, 0.717) is 6.42 Å². The predicted octanol–water partition coefficient (Wildman–Crippen LogP) is 4.92. The van der Waals surface area contributed by atoms with Gasteiger partial charge in [0, 0.05) is 20.0 Å². The minimum absolute atomic E-state index is 0.120. The van der Waals surface area contributed by atoms with Crippen molar-refractivity contribution in [3.63, 3.8) is 0 Å². The van der Waals surface area contributed by atoms with E-state index in [1.165, 1.54) is 12.1 Å². The molecule has 0 N–H and O–H groups in total. The smallest absolute Gasteiger partial charge is 0.158 e. The average molecular weight is 353 g/mol. The normalized spacial score (nSPS) is 16.7. The molecule has 1 unspecified atom stereocenters. The van der Waals surface area contributed by atoms with Crippen LogP contribution in [-0.2, 0) is 4.84 Å². The number of benzene rings is 2. The Morgan fingerprint density at radius 3 is 2.65 bits per heavy atom. The fraction of sp³-hybridized carbons (Fsp3) is 0.333. The van der Waals surface area contributed by atoms with Gasteiger partial charge in [-0.25, -0.2) is 9.38 Å². The summed E-state index contributed by atoms with van der Waals surface area (Å²) in [6.07, 6.45) is 2.40. The maximum Gasteiger partial charge on any atom is 0.158 e. The Labute approximate surface area is 154 Å². The van der Waals surface area contributed by atoms with Crippen LogP contribution in [0.3, 0.4) is 0 Å². The van der Waals surface area contributed by atoms with Gasteiger partial charge in [0.15, 0.2) is 6.10 Å². The van der Waals surface area contributed by atoms with Crippen molar-refractivity contribution >= 4 is 17.7 Å². The van der Waals surface area contributed by atoms with E-state index in [2.05, 4.69) is 43.1 Å². The number of oxime groups is 1. The molecule has 3 rings (SSSR count). The molecule has 0 aliphatic carbocycles. The number of aliphatic imine (C=N–C) groups is 1. The Morgan fingerprint density at radius 1 is 1.23 bits per heavy atom. The molecule has 0 saturated carbocycles. The second-order valence-corrected chi connectivity index (χ2v) is 6.66. The molecule has 5 heteroatoms. The highest BCUT2D eigenvalue weighted by molar-refractivity contribution is 6.01. The first-order valence-electron chi connectivity index (χ1n) is 8.82. The van der Waals surface area contributed by atoms with Gasteiger partial charge in [0.05, 0.1) is 17.7 Å². The van der Waals surface area contributed by atoms with Crippen molar-refractivity contribution in [3.8, 4) is 0 Å². The number of hydrogen-bond donors (Lipinski definition) is 0. The molecule has 26 heavy (non-hydrogen) atoms. The lowest BCUT2D eigenvalue weighted by Crippen LogP contribution is -2.14. The lowest BCUT2D eigenvalue weighted by atomic mass is 9.95. The monoisotopic (exact) mass is 353 g/mol. The van der Waals surface area contributed by atoms with Gasteiger partial charge in [-0.3, -0.25) is 0 Å². The second-order valence-electron chi connectivity index (χ2n) is 6.66. The summed E-state index contributed by atoms with van der Waals surface area (Å²) in [4.78, 5) is 12.3. The van der Waals surface area contributed by atoms with Crippen LogP contribution in [0.1, 0.15) is 41.7 Å². The summed E-state index contributed by atoms with van der Waals surface area (Å²) in [5, 5.41) is 4.22. The van der Waals surface area contributed by atoms with E-state index in [4.69, 9.17) is 4.84 Å². The van der Waals surface area contributed by atoms with E-state index in [1.807, 2.05) is 18.3 Å². The molecular formula is C21H24FN3O. The third-order valence-electron chi connectivity index (χ3n) is 4.67. The summed E-state index contributed by atoms with van der Waals surface area (Å²) >= 11 is 0. The highest BCUT2D eigenvalue weighted by atomic mass is 19.1. The molecule has 0 aromatic heterocycles. The summed E-state index contributed by atoms with van der Waals surface area (Å²) in [6.45, 7) is 7.12. The molecule has 0 bridgehead atoms. The van der Waals surface area contributed by atoms with Gasteiger partial charge in [-0.15, -0.1) is 0 Å². The maximum absolute atomic E-state index is 13.1. The number of rotatable bonds is 5. The molecule has 4 nitrogen and oxygen atoms in total. The van der Waals surface area contributed by atoms with Crippen molar-refractivity contribution < 1.29 is 9.23 Å². The number of aryl methyl sites for hydroxylation is 2. The van der Waals surface area contributed by atoms with Gasteiger partial charge in [-0.2, -0.15) is 0 Å². The van der Waals surface area contributed by atoms with Gasteiger partial charge in [0.25, 0.3) is 0 Å². The molecule has 0 saturated heterocycles. The topological polar surface area (TPSA) is 37.2 Å². The van der Waals surface area contributed by atoms with Crippen molar-refractivity contribution in [1.29, 1.82) is 0 Å². The molecule has 0 fully saturated rings. The molecule has 2 aromatic carbocycles. The number of hydrogen-bond acceptors (Lipinski definition) is 3. The van der Waals surface area contributed by atoms with Crippen LogP contribution in [0.4, 0.5) is 10.1 Å². The average Bonchev–Trinajstić information content (AvgIpc) is 3.12. The quantitative estimate of drug-likeness (QED) is 0.565. The van der Waals surface area contributed by atoms with E-state index in [0.717, 1.165) is 40.2 Å². The molecule has 0 radical (unpaired) electrons. The minimum atomic E-state index is -0.249. The van der Waals surface area contributed by atoms with Gasteiger partial charge in [0.2, 0.25) is 0 Å². The Bertz CT molecular complexity index is 843. The zero-order valence-corrected chi connectivity index (χ0v) is 15.7. The van der Waals surface area contributed by atoms with E-state index in [9.17, 15) is 4.39 Å². The zero-order chi connectivity index (χ0) is 18.7. The standard InChI is InChI=1S/C21H24FN3O/c1-5-25(4)13-23-19-11-14(2)18(10-15(19)3)21-12-20(24-26-21)16-6-8-17(22)9-7-16/h6-11,13,21H,5,12H2,1-4H3. The Morgan fingerprint density at radius 2 is 1.96 bits per heavy atom. The van der Waals surface area contributed by atoms with Gasteiger partial charge in [-0.05, 0) is 67.3 Å². The molecule has 1 heterocycles. The van der Waals surface area contributed by atoms with E-state index in [-0.39, 0.29) is 11.9 Å². The van der Waals surface area contributed by atoms with Gasteiger partial charge in [0.1, 0.15) is 5.82 Å². The van der Waals surface area contributed by atoms with Gasteiger partial charge in [-0.1, -0.05) is 17.3 Å². The molecule has 1 atom stereocenters. The molecule has 1 aliphatic rings. The Kier molecular flexibility index (Phi) is 5.35. The van der Waals surface area contributed by atoms with E-state index < -0.39 is 0 Å². The van der Waals surface area contributed by atoms with Crippen molar-refractivity contribution in [2.45, 2.75) is 33.3 Å². The zero-order valence-electron chi connectivity index (χ0n) is 15.7. The number of nitrogens with zero attached hydrogens (tertiary/aromatic N) is 3. The maximum atomic E-state index is 13.1. The second kappa shape index (κ2) is 7.68.